The van der Waals surface area contributed by atoms with Gasteiger partial charge in [0.2, 0.25) is 0 Å². The highest BCUT2D eigenvalue weighted by Gasteiger charge is 2.14. The van der Waals surface area contributed by atoms with Crippen molar-refractivity contribution >= 4 is 39.1 Å². The Bertz CT molecular complexity index is 617. The SMILES string of the molecule is CSc1ccc(NCc2cccc([N+](=O)[O-])c2Br)cc1. The molecule has 1 N–H and O–H groups in total. The molecule has 6 heteroatoms. The summed E-state index contributed by atoms with van der Waals surface area (Å²) in [6.45, 7) is 0.529. The summed E-state index contributed by atoms with van der Waals surface area (Å²) in [4.78, 5) is 11.7. The first-order valence-corrected chi connectivity index (χ1v) is 7.93. The molecule has 0 spiro atoms. The second kappa shape index (κ2) is 6.76. The second-order valence-corrected chi connectivity index (χ2v) is 5.76. The molecule has 2 rings (SSSR count). The second-order valence-electron chi connectivity index (χ2n) is 4.09. The highest BCUT2D eigenvalue weighted by atomic mass is 79.9. The number of nitrogens with one attached hydrogen (secondary N) is 1. The van der Waals surface area contributed by atoms with E-state index < -0.39 is 0 Å². The van der Waals surface area contributed by atoms with Crippen LogP contribution in [0.4, 0.5) is 11.4 Å². The van der Waals surface area contributed by atoms with E-state index in [0.29, 0.717) is 11.0 Å². The Kier molecular flexibility index (Phi) is 5.03. The topological polar surface area (TPSA) is 55.2 Å². The lowest BCUT2D eigenvalue weighted by molar-refractivity contribution is -0.385. The van der Waals surface area contributed by atoms with Crippen molar-refractivity contribution < 1.29 is 4.92 Å². The zero-order valence-electron chi connectivity index (χ0n) is 10.8. The van der Waals surface area contributed by atoms with Crippen LogP contribution in [0.1, 0.15) is 5.56 Å². The molecular formula is C14H13BrN2O2S. The van der Waals surface area contributed by atoms with E-state index in [1.54, 1.807) is 17.8 Å². The average Bonchev–Trinajstić information content (AvgIpc) is 2.46. The van der Waals surface area contributed by atoms with Crippen molar-refractivity contribution in [3.05, 3.63) is 62.6 Å². The van der Waals surface area contributed by atoms with E-state index in [1.165, 1.54) is 11.0 Å². The monoisotopic (exact) mass is 352 g/mol. The molecular weight excluding hydrogens is 340 g/mol. The fourth-order valence-electron chi connectivity index (χ4n) is 1.75. The van der Waals surface area contributed by atoms with Gasteiger partial charge in [0, 0.05) is 23.2 Å². The summed E-state index contributed by atoms with van der Waals surface area (Å²) in [7, 11) is 0. The van der Waals surface area contributed by atoms with Crippen molar-refractivity contribution in [2.75, 3.05) is 11.6 Å². The van der Waals surface area contributed by atoms with Crippen molar-refractivity contribution in [3.63, 3.8) is 0 Å². The van der Waals surface area contributed by atoms with Crippen LogP contribution >= 0.6 is 27.7 Å². The summed E-state index contributed by atoms with van der Waals surface area (Å²) in [6.07, 6.45) is 2.03. The predicted molar refractivity (Wildman–Crippen MR) is 86.3 cm³/mol. The van der Waals surface area contributed by atoms with Crippen molar-refractivity contribution in [1.29, 1.82) is 0 Å². The minimum atomic E-state index is -0.388. The molecule has 0 aliphatic heterocycles. The molecule has 4 nitrogen and oxygen atoms in total. The highest BCUT2D eigenvalue weighted by molar-refractivity contribution is 9.10. The van der Waals surface area contributed by atoms with Gasteiger partial charge in [0.1, 0.15) is 4.47 Å². The molecule has 0 radical (unpaired) electrons. The Balaban J connectivity index is 2.10. The predicted octanol–water partition coefficient (Wildman–Crippen LogP) is 4.69. The maximum atomic E-state index is 10.9. The van der Waals surface area contributed by atoms with Crippen molar-refractivity contribution in [3.8, 4) is 0 Å². The van der Waals surface area contributed by atoms with E-state index in [4.69, 9.17) is 0 Å². The Morgan fingerprint density at radius 3 is 2.55 bits per heavy atom. The Morgan fingerprint density at radius 1 is 1.25 bits per heavy atom. The lowest BCUT2D eigenvalue weighted by Crippen LogP contribution is -2.01. The zero-order valence-corrected chi connectivity index (χ0v) is 13.2. The van der Waals surface area contributed by atoms with Crippen molar-refractivity contribution in [1.82, 2.24) is 0 Å². The van der Waals surface area contributed by atoms with E-state index in [9.17, 15) is 10.1 Å². The Morgan fingerprint density at radius 2 is 1.95 bits per heavy atom. The van der Waals surface area contributed by atoms with E-state index in [1.807, 2.05) is 36.6 Å². The molecule has 20 heavy (non-hydrogen) atoms. The van der Waals surface area contributed by atoms with Crippen LogP contribution in [-0.2, 0) is 6.54 Å². The normalized spacial score (nSPS) is 10.3. The third kappa shape index (κ3) is 3.52. The van der Waals surface area contributed by atoms with Gasteiger partial charge in [-0.05, 0) is 52.0 Å². The highest BCUT2D eigenvalue weighted by Crippen LogP contribution is 2.28. The molecule has 0 bridgehead atoms. The van der Waals surface area contributed by atoms with Crippen LogP contribution in [0, 0.1) is 10.1 Å². The number of rotatable bonds is 5. The molecule has 0 atom stereocenters. The molecule has 104 valence electrons. The fourth-order valence-corrected chi connectivity index (χ4v) is 2.71. The van der Waals surface area contributed by atoms with Crippen LogP contribution in [0.2, 0.25) is 0 Å². The number of benzene rings is 2. The van der Waals surface area contributed by atoms with Crippen molar-refractivity contribution in [2.24, 2.45) is 0 Å². The summed E-state index contributed by atoms with van der Waals surface area (Å²) >= 11 is 4.98. The summed E-state index contributed by atoms with van der Waals surface area (Å²) in [6, 6.07) is 13.1. The van der Waals surface area contributed by atoms with Crippen LogP contribution in [0.25, 0.3) is 0 Å². The van der Waals surface area contributed by atoms with Gasteiger partial charge in [-0.15, -0.1) is 11.8 Å². The van der Waals surface area contributed by atoms with Gasteiger partial charge in [-0.25, -0.2) is 0 Å². The summed E-state index contributed by atoms with van der Waals surface area (Å²) < 4.78 is 0.526. The molecule has 2 aromatic carbocycles. The van der Waals surface area contributed by atoms with Crippen LogP contribution in [0.5, 0.6) is 0 Å². The number of nitro groups is 1. The third-order valence-electron chi connectivity index (χ3n) is 2.83. The maximum Gasteiger partial charge on any atom is 0.283 e. The number of nitro benzene ring substituents is 1. The molecule has 0 aliphatic carbocycles. The molecule has 0 amide bonds. The average molecular weight is 353 g/mol. The van der Waals surface area contributed by atoms with Gasteiger partial charge in [-0.1, -0.05) is 12.1 Å². The number of nitrogens with zero attached hydrogens (tertiary/aromatic N) is 1. The van der Waals surface area contributed by atoms with Gasteiger partial charge >= 0.3 is 0 Å². The molecule has 0 saturated heterocycles. The standard InChI is InChI=1S/C14H13BrN2O2S/c1-20-12-7-5-11(6-8-12)16-9-10-3-2-4-13(14(10)15)17(18)19/h2-8,16H,9H2,1H3. The first-order chi connectivity index (χ1) is 9.61. The molecule has 0 fully saturated rings. The fraction of sp³-hybridized carbons (Fsp3) is 0.143. The van der Waals surface area contributed by atoms with Gasteiger partial charge in [0.15, 0.2) is 0 Å². The molecule has 0 heterocycles. The largest absolute Gasteiger partial charge is 0.381 e. The molecule has 0 unspecified atom stereocenters. The molecule has 0 aromatic heterocycles. The van der Waals surface area contributed by atoms with Crippen molar-refractivity contribution in [2.45, 2.75) is 11.4 Å². The summed E-state index contributed by atoms with van der Waals surface area (Å²) in [5.41, 5.74) is 1.93. The zero-order chi connectivity index (χ0) is 14.5. The van der Waals surface area contributed by atoms with Crippen LogP contribution in [0.15, 0.2) is 51.8 Å². The van der Waals surface area contributed by atoms with Gasteiger partial charge < -0.3 is 5.32 Å². The third-order valence-corrected chi connectivity index (χ3v) is 4.49. The lowest BCUT2D eigenvalue weighted by Gasteiger charge is -2.09. The number of hydrogen-bond donors (Lipinski definition) is 1. The number of thioether (sulfide) groups is 1. The van der Waals surface area contributed by atoms with Crippen LogP contribution < -0.4 is 5.32 Å². The van der Waals surface area contributed by atoms with Crippen LogP contribution in [-0.4, -0.2) is 11.2 Å². The molecule has 0 aliphatic rings. The lowest BCUT2D eigenvalue weighted by atomic mass is 10.2. The quantitative estimate of drug-likeness (QED) is 0.481. The van der Waals surface area contributed by atoms with E-state index in [-0.39, 0.29) is 10.6 Å². The summed E-state index contributed by atoms with van der Waals surface area (Å²) in [5, 5.41) is 14.1. The smallest absolute Gasteiger partial charge is 0.283 e. The summed E-state index contributed by atoms with van der Waals surface area (Å²) in [5.74, 6) is 0. The van der Waals surface area contributed by atoms with Gasteiger partial charge in [0.05, 0.1) is 4.92 Å². The van der Waals surface area contributed by atoms with Gasteiger partial charge in [-0.3, -0.25) is 10.1 Å². The minimum absolute atomic E-state index is 0.0852. The Hall–Kier alpha value is -1.53. The van der Waals surface area contributed by atoms with Gasteiger partial charge in [0.25, 0.3) is 5.69 Å². The molecule has 0 saturated carbocycles. The minimum Gasteiger partial charge on any atom is -0.381 e. The number of anilines is 1. The van der Waals surface area contributed by atoms with E-state index in [2.05, 4.69) is 21.2 Å². The van der Waals surface area contributed by atoms with E-state index in [0.717, 1.165) is 11.3 Å². The maximum absolute atomic E-state index is 10.9. The van der Waals surface area contributed by atoms with E-state index >= 15 is 0 Å². The van der Waals surface area contributed by atoms with Gasteiger partial charge in [-0.2, -0.15) is 0 Å². The van der Waals surface area contributed by atoms with Crippen LogP contribution in [0.3, 0.4) is 0 Å². The Labute approximate surface area is 129 Å². The molecule has 2 aromatic rings. The number of hydrogen-bond acceptors (Lipinski definition) is 4. The first-order valence-electron chi connectivity index (χ1n) is 5.91. The number of halogens is 1. The first kappa shape index (κ1) is 14.9.